The normalized spacial score (nSPS) is 11.0. The molecule has 0 unspecified atom stereocenters. The zero-order valence-corrected chi connectivity index (χ0v) is 19.3. The van der Waals surface area contributed by atoms with Crippen molar-refractivity contribution in [3.8, 4) is 5.69 Å². The van der Waals surface area contributed by atoms with E-state index in [4.69, 9.17) is 11.6 Å². The molecule has 1 N–H and O–H groups in total. The van der Waals surface area contributed by atoms with Crippen LogP contribution < -0.4 is 10.9 Å². The quantitative estimate of drug-likeness (QED) is 0.297. The average Bonchev–Trinajstić information content (AvgIpc) is 2.80. The molecule has 0 saturated heterocycles. The number of rotatable bonds is 6. The minimum Gasteiger partial charge on any atom is -0.325 e. The summed E-state index contributed by atoms with van der Waals surface area (Å²) in [4.78, 5) is 30.6. The first-order chi connectivity index (χ1) is 15.5. The number of nitrogens with one attached hydrogen (secondary N) is 1. The first kappa shape index (κ1) is 22.1. The van der Waals surface area contributed by atoms with Gasteiger partial charge in [-0.2, -0.15) is 0 Å². The number of aryl methyl sites for hydroxylation is 2. The monoisotopic (exact) mass is 463 g/mol. The van der Waals surface area contributed by atoms with Gasteiger partial charge in [-0.1, -0.05) is 60.6 Å². The van der Waals surface area contributed by atoms with Crippen molar-refractivity contribution >= 4 is 45.9 Å². The summed E-state index contributed by atoms with van der Waals surface area (Å²) < 4.78 is 1.57. The van der Waals surface area contributed by atoms with Gasteiger partial charge in [-0.25, -0.2) is 4.98 Å². The molecular formula is C25H22ClN3O2S. The highest BCUT2D eigenvalue weighted by Crippen LogP contribution is 2.23. The molecule has 162 valence electrons. The Morgan fingerprint density at radius 2 is 1.84 bits per heavy atom. The second-order valence-electron chi connectivity index (χ2n) is 7.37. The van der Waals surface area contributed by atoms with Crippen molar-refractivity contribution in [1.29, 1.82) is 0 Å². The van der Waals surface area contributed by atoms with Crippen molar-refractivity contribution in [3.05, 3.63) is 93.2 Å². The number of fused-ring (bicyclic) bond motifs is 1. The number of nitrogens with zero attached hydrogens (tertiary/aromatic N) is 2. The molecule has 0 aliphatic carbocycles. The second-order valence-corrected chi connectivity index (χ2v) is 8.72. The molecule has 0 bridgehead atoms. The van der Waals surface area contributed by atoms with Crippen molar-refractivity contribution in [3.63, 3.8) is 0 Å². The lowest BCUT2D eigenvalue weighted by Gasteiger charge is -2.14. The van der Waals surface area contributed by atoms with Crippen LogP contribution in [-0.4, -0.2) is 21.2 Å². The maximum absolute atomic E-state index is 13.3. The van der Waals surface area contributed by atoms with Gasteiger partial charge in [-0.3, -0.25) is 14.2 Å². The third-order valence-electron chi connectivity index (χ3n) is 5.14. The van der Waals surface area contributed by atoms with Gasteiger partial charge in [-0.05, 0) is 60.9 Å². The van der Waals surface area contributed by atoms with Crippen LogP contribution in [0, 0.1) is 6.92 Å². The molecule has 1 amide bonds. The van der Waals surface area contributed by atoms with Gasteiger partial charge < -0.3 is 5.32 Å². The summed E-state index contributed by atoms with van der Waals surface area (Å²) in [5.41, 5.74) is 3.92. The Balaban J connectivity index is 1.65. The van der Waals surface area contributed by atoms with E-state index in [1.54, 1.807) is 22.8 Å². The molecule has 32 heavy (non-hydrogen) atoms. The van der Waals surface area contributed by atoms with Crippen LogP contribution in [0.5, 0.6) is 0 Å². The molecule has 1 aromatic heterocycles. The number of halogens is 1. The third-order valence-corrected chi connectivity index (χ3v) is 6.48. The summed E-state index contributed by atoms with van der Waals surface area (Å²) in [6.07, 6.45) is 0.913. The third kappa shape index (κ3) is 4.71. The van der Waals surface area contributed by atoms with Gasteiger partial charge in [0, 0.05) is 10.7 Å². The lowest BCUT2D eigenvalue weighted by atomic mass is 10.1. The van der Waals surface area contributed by atoms with Gasteiger partial charge in [0.1, 0.15) is 0 Å². The zero-order chi connectivity index (χ0) is 22.7. The fraction of sp³-hybridized carbons (Fsp3) is 0.160. The first-order valence-electron chi connectivity index (χ1n) is 10.3. The lowest BCUT2D eigenvalue weighted by molar-refractivity contribution is -0.113. The highest BCUT2D eigenvalue weighted by molar-refractivity contribution is 7.99. The van der Waals surface area contributed by atoms with Crippen LogP contribution in [0.3, 0.4) is 0 Å². The van der Waals surface area contributed by atoms with Crippen molar-refractivity contribution < 1.29 is 4.79 Å². The van der Waals surface area contributed by atoms with E-state index in [-0.39, 0.29) is 17.2 Å². The van der Waals surface area contributed by atoms with Gasteiger partial charge in [-0.15, -0.1) is 0 Å². The smallest absolute Gasteiger partial charge is 0.266 e. The Morgan fingerprint density at radius 3 is 2.56 bits per heavy atom. The van der Waals surface area contributed by atoms with Crippen LogP contribution in [-0.2, 0) is 11.2 Å². The Bertz CT molecular complexity index is 1350. The molecule has 0 atom stereocenters. The van der Waals surface area contributed by atoms with E-state index < -0.39 is 0 Å². The highest BCUT2D eigenvalue weighted by atomic mass is 35.5. The molecule has 1 heterocycles. The molecule has 0 aliphatic rings. The number of carbonyl (C=O) groups is 1. The van der Waals surface area contributed by atoms with Crippen LogP contribution in [0.4, 0.5) is 5.69 Å². The van der Waals surface area contributed by atoms with Crippen LogP contribution in [0.1, 0.15) is 18.1 Å². The Labute approximate surface area is 195 Å². The Kier molecular flexibility index (Phi) is 6.63. The van der Waals surface area contributed by atoms with Crippen LogP contribution in [0.25, 0.3) is 16.6 Å². The number of para-hydroxylation sites is 1. The Morgan fingerprint density at radius 1 is 1.09 bits per heavy atom. The van der Waals surface area contributed by atoms with Crippen LogP contribution in [0.15, 0.2) is 76.7 Å². The molecule has 0 saturated carbocycles. The minimum atomic E-state index is -0.204. The predicted molar refractivity (Wildman–Crippen MR) is 132 cm³/mol. The molecule has 0 radical (unpaired) electrons. The van der Waals surface area contributed by atoms with Crippen LogP contribution in [0.2, 0.25) is 5.02 Å². The Hall–Kier alpha value is -3.09. The van der Waals surface area contributed by atoms with E-state index in [2.05, 4.69) is 17.2 Å². The van der Waals surface area contributed by atoms with Crippen molar-refractivity contribution in [1.82, 2.24) is 9.55 Å². The van der Waals surface area contributed by atoms with Crippen molar-refractivity contribution in [2.24, 2.45) is 0 Å². The number of amides is 1. The molecule has 4 rings (SSSR count). The van der Waals surface area contributed by atoms with E-state index in [0.29, 0.717) is 26.8 Å². The molecule has 5 nitrogen and oxygen atoms in total. The number of hydrogen-bond acceptors (Lipinski definition) is 4. The maximum atomic E-state index is 13.3. The van der Waals surface area contributed by atoms with E-state index in [1.807, 2.05) is 55.5 Å². The standard InChI is InChI=1S/C25H22ClN3O2S/c1-3-17-9-12-19(13-10-17)29-24(31)20-6-4-5-7-22(20)28-25(29)32-15-23(30)27-18-11-8-16(2)21(26)14-18/h4-14H,3,15H2,1-2H3,(H,27,30). The van der Waals surface area contributed by atoms with Gasteiger partial charge in [0.2, 0.25) is 5.91 Å². The fourth-order valence-corrected chi connectivity index (χ4v) is 4.31. The number of benzene rings is 3. The van der Waals surface area contributed by atoms with Crippen LogP contribution >= 0.6 is 23.4 Å². The summed E-state index contributed by atoms with van der Waals surface area (Å²) in [6, 6.07) is 20.4. The number of thioether (sulfide) groups is 1. The van der Waals surface area contributed by atoms with E-state index in [9.17, 15) is 9.59 Å². The zero-order valence-electron chi connectivity index (χ0n) is 17.8. The fourth-order valence-electron chi connectivity index (χ4n) is 3.32. The van der Waals surface area contributed by atoms with E-state index in [1.165, 1.54) is 17.3 Å². The molecule has 4 aromatic rings. The summed E-state index contributed by atoms with van der Waals surface area (Å²) in [7, 11) is 0. The number of aromatic nitrogens is 2. The van der Waals surface area contributed by atoms with Gasteiger partial charge in [0.05, 0.1) is 22.3 Å². The van der Waals surface area contributed by atoms with E-state index >= 15 is 0 Å². The van der Waals surface area contributed by atoms with Gasteiger partial charge >= 0.3 is 0 Å². The highest BCUT2D eigenvalue weighted by Gasteiger charge is 2.15. The summed E-state index contributed by atoms with van der Waals surface area (Å²) in [5.74, 6) is -0.103. The van der Waals surface area contributed by atoms with Gasteiger partial charge in [0.25, 0.3) is 5.56 Å². The molecule has 0 spiro atoms. The molecule has 7 heteroatoms. The summed E-state index contributed by atoms with van der Waals surface area (Å²) in [5, 5.41) is 4.45. The molecule has 3 aromatic carbocycles. The lowest BCUT2D eigenvalue weighted by Crippen LogP contribution is -2.23. The van der Waals surface area contributed by atoms with Gasteiger partial charge in [0.15, 0.2) is 5.16 Å². The number of carbonyl (C=O) groups excluding carboxylic acids is 1. The molecular weight excluding hydrogens is 442 g/mol. The van der Waals surface area contributed by atoms with Crippen molar-refractivity contribution in [2.75, 3.05) is 11.1 Å². The second kappa shape index (κ2) is 9.59. The topological polar surface area (TPSA) is 64.0 Å². The largest absolute Gasteiger partial charge is 0.325 e. The predicted octanol–water partition coefficient (Wildman–Crippen LogP) is 5.64. The maximum Gasteiger partial charge on any atom is 0.266 e. The SMILES string of the molecule is CCc1ccc(-n2c(SCC(=O)Nc3ccc(C)c(Cl)c3)nc3ccccc3c2=O)cc1. The van der Waals surface area contributed by atoms with Crippen molar-refractivity contribution in [2.45, 2.75) is 25.4 Å². The number of hydrogen-bond donors (Lipinski definition) is 1. The first-order valence-corrected chi connectivity index (χ1v) is 11.6. The summed E-state index contributed by atoms with van der Waals surface area (Å²) >= 11 is 7.37. The minimum absolute atomic E-state index is 0.101. The summed E-state index contributed by atoms with van der Waals surface area (Å²) in [6.45, 7) is 3.99. The van der Waals surface area contributed by atoms with E-state index in [0.717, 1.165) is 17.7 Å². The average molecular weight is 464 g/mol. The molecule has 0 aliphatic heterocycles. The number of anilines is 1. The molecule has 0 fully saturated rings.